The Morgan fingerprint density at radius 3 is 2.25 bits per heavy atom. The lowest BCUT2D eigenvalue weighted by Gasteiger charge is -2.16. The van der Waals surface area contributed by atoms with Crippen molar-refractivity contribution in [2.45, 2.75) is 10.4 Å². The first kappa shape index (κ1) is 18.6. The van der Waals surface area contributed by atoms with Crippen LogP contribution in [0.5, 0.6) is 5.75 Å². The molecule has 0 unspecified atom stereocenters. The van der Waals surface area contributed by atoms with Crippen LogP contribution in [-0.4, -0.2) is 22.3 Å². The lowest BCUT2D eigenvalue weighted by molar-refractivity contribution is 0.415. The van der Waals surface area contributed by atoms with E-state index in [1.54, 1.807) is 18.9 Å². The van der Waals surface area contributed by atoms with E-state index in [4.69, 9.17) is 16.3 Å². The third-order valence-corrected chi connectivity index (χ3v) is 5.75. The molecule has 0 aliphatic heterocycles. The van der Waals surface area contributed by atoms with Gasteiger partial charge >= 0.3 is 0 Å². The van der Waals surface area contributed by atoms with Crippen molar-refractivity contribution in [2.24, 2.45) is 0 Å². The van der Waals surface area contributed by atoms with Crippen LogP contribution in [0.3, 0.4) is 0 Å². The number of nitrogens with one attached hydrogen (secondary N) is 1. The van der Waals surface area contributed by atoms with Crippen molar-refractivity contribution in [3.05, 3.63) is 95.0 Å². The van der Waals surface area contributed by atoms with Crippen molar-refractivity contribution >= 4 is 23.4 Å². The van der Waals surface area contributed by atoms with Crippen molar-refractivity contribution in [3.63, 3.8) is 0 Å². The first-order valence-electron chi connectivity index (χ1n) is 8.77. The van der Waals surface area contributed by atoms with Crippen molar-refractivity contribution in [1.29, 1.82) is 0 Å². The Balaban J connectivity index is 1.62. The molecule has 6 heteroatoms. The Kier molecular flexibility index (Phi) is 5.65. The number of benzene rings is 3. The van der Waals surface area contributed by atoms with Gasteiger partial charge in [-0.15, -0.1) is 5.10 Å². The third kappa shape index (κ3) is 4.21. The molecule has 28 heavy (non-hydrogen) atoms. The summed E-state index contributed by atoms with van der Waals surface area (Å²) >= 11 is 7.67. The van der Waals surface area contributed by atoms with Gasteiger partial charge in [-0.25, -0.2) is 4.98 Å². The Bertz CT molecular complexity index is 1030. The van der Waals surface area contributed by atoms with Gasteiger partial charge in [0, 0.05) is 10.6 Å². The summed E-state index contributed by atoms with van der Waals surface area (Å²) in [7, 11) is 1.65. The van der Waals surface area contributed by atoms with Crippen LogP contribution in [0, 0.1) is 0 Å². The summed E-state index contributed by atoms with van der Waals surface area (Å²) in [4.78, 5) is 4.67. The maximum Gasteiger partial charge on any atom is 0.209 e. The molecule has 1 N–H and O–H groups in total. The molecule has 4 rings (SSSR count). The molecule has 0 aliphatic rings. The van der Waals surface area contributed by atoms with Gasteiger partial charge in [-0.2, -0.15) is 0 Å². The van der Waals surface area contributed by atoms with Crippen LogP contribution in [0.25, 0.3) is 11.4 Å². The first-order chi connectivity index (χ1) is 13.7. The Morgan fingerprint density at radius 2 is 1.57 bits per heavy atom. The minimum atomic E-state index is 0.0676. The molecule has 4 aromatic rings. The number of H-pyrrole nitrogens is 1. The van der Waals surface area contributed by atoms with Gasteiger partial charge in [0.2, 0.25) is 5.16 Å². The summed E-state index contributed by atoms with van der Waals surface area (Å²) in [6, 6.07) is 26.0. The number of halogens is 1. The minimum absolute atomic E-state index is 0.0676. The number of ether oxygens (including phenoxy) is 1. The molecule has 0 spiro atoms. The molecule has 0 saturated heterocycles. The standard InChI is InChI=1S/C22H18ClN3OS/c1-27-19-13-9-17(10-14-19)21-24-22(26-25-21)28-20(15-5-3-2-4-6-15)16-7-11-18(23)12-8-16/h2-14,20H,1H3,(H,24,25,26)/t20-/m0/s1. The molecule has 0 amide bonds. The Morgan fingerprint density at radius 1 is 0.893 bits per heavy atom. The van der Waals surface area contributed by atoms with Crippen LogP contribution in [0.4, 0.5) is 0 Å². The molecule has 1 heterocycles. The SMILES string of the molecule is COc1ccc(-c2nc(S[C@@H](c3ccccc3)c3ccc(Cl)cc3)n[nH]2)cc1. The Labute approximate surface area is 172 Å². The van der Waals surface area contributed by atoms with Gasteiger partial charge in [-0.3, -0.25) is 5.10 Å². The molecule has 0 fully saturated rings. The van der Waals surface area contributed by atoms with Crippen molar-refractivity contribution in [1.82, 2.24) is 15.2 Å². The van der Waals surface area contributed by atoms with Crippen LogP contribution in [0.1, 0.15) is 16.4 Å². The topological polar surface area (TPSA) is 50.8 Å². The van der Waals surface area contributed by atoms with E-state index in [0.717, 1.165) is 27.7 Å². The molecule has 0 radical (unpaired) electrons. The smallest absolute Gasteiger partial charge is 0.209 e. The number of aromatic nitrogens is 3. The zero-order valence-corrected chi connectivity index (χ0v) is 16.7. The fourth-order valence-electron chi connectivity index (χ4n) is 2.88. The zero-order valence-electron chi connectivity index (χ0n) is 15.2. The Hall–Kier alpha value is -2.76. The van der Waals surface area contributed by atoms with Crippen molar-refractivity contribution in [2.75, 3.05) is 7.11 Å². The van der Waals surface area contributed by atoms with Crippen molar-refractivity contribution < 1.29 is 4.74 Å². The fraction of sp³-hybridized carbons (Fsp3) is 0.0909. The molecule has 0 saturated carbocycles. The number of aromatic amines is 1. The number of methoxy groups -OCH3 is 1. The summed E-state index contributed by atoms with van der Waals surface area (Å²) < 4.78 is 5.21. The van der Waals surface area contributed by atoms with E-state index < -0.39 is 0 Å². The fourth-order valence-corrected chi connectivity index (χ4v) is 4.04. The van der Waals surface area contributed by atoms with E-state index in [-0.39, 0.29) is 5.25 Å². The van der Waals surface area contributed by atoms with E-state index in [9.17, 15) is 0 Å². The summed E-state index contributed by atoms with van der Waals surface area (Å²) in [5, 5.41) is 8.93. The molecule has 0 aliphatic carbocycles. The van der Waals surface area contributed by atoms with Gasteiger partial charge in [-0.05, 0) is 47.5 Å². The molecule has 4 nitrogen and oxygen atoms in total. The number of nitrogens with zero attached hydrogens (tertiary/aromatic N) is 2. The van der Waals surface area contributed by atoms with Crippen molar-refractivity contribution in [3.8, 4) is 17.1 Å². The van der Waals surface area contributed by atoms with E-state index in [1.807, 2.05) is 66.7 Å². The molecular weight excluding hydrogens is 390 g/mol. The molecule has 1 atom stereocenters. The van der Waals surface area contributed by atoms with Gasteiger partial charge in [0.25, 0.3) is 0 Å². The predicted octanol–water partition coefficient (Wildman–Crippen LogP) is 6.02. The number of hydrogen-bond donors (Lipinski definition) is 1. The summed E-state index contributed by atoms with van der Waals surface area (Å²) in [6.07, 6.45) is 0. The maximum absolute atomic E-state index is 6.07. The second kappa shape index (κ2) is 8.50. The highest BCUT2D eigenvalue weighted by Crippen LogP contribution is 2.39. The molecule has 140 valence electrons. The molecule has 0 bridgehead atoms. The van der Waals surface area contributed by atoms with Gasteiger partial charge in [-0.1, -0.05) is 65.8 Å². The van der Waals surface area contributed by atoms with Gasteiger partial charge < -0.3 is 4.74 Å². The molecule has 3 aromatic carbocycles. The third-order valence-electron chi connectivity index (χ3n) is 4.33. The second-order valence-corrected chi connectivity index (χ2v) is 7.66. The average Bonchev–Trinajstić information content (AvgIpc) is 3.22. The largest absolute Gasteiger partial charge is 0.497 e. The van der Waals surface area contributed by atoms with Gasteiger partial charge in [0.1, 0.15) is 5.75 Å². The van der Waals surface area contributed by atoms with Gasteiger partial charge in [0.15, 0.2) is 5.82 Å². The van der Waals surface area contributed by atoms with Crippen LogP contribution in [0.2, 0.25) is 5.02 Å². The quantitative estimate of drug-likeness (QED) is 0.397. The highest BCUT2D eigenvalue weighted by atomic mass is 35.5. The highest BCUT2D eigenvalue weighted by Gasteiger charge is 2.18. The average molecular weight is 408 g/mol. The summed E-state index contributed by atoms with van der Waals surface area (Å²) in [6.45, 7) is 0. The highest BCUT2D eigenvalue weighted by molar-refractivity contribution is 7.99. The van der Waals surface area contributed by atoms with Crippen LogP contribution >= 0.6 is 23.4 Å². The van der Waals surface area contributed by atoms with E-state index in [2.05, 4.69) is 27.3 Å². The first-order valence-corrected chi connectivity index (χ1v) is 10.0. The number of thioether (sulfide) groups is 1. The minimum Gasteiger partial charge on any atom is -0.497 e. The van der Waals surface area contributed by atoms with E-state index in [1.165, 1.54) is 5.56 Å². The summed E-state index contributed by atoms with van der Waals surface area (Å²) in [5.41, 5.74) is 3.30. The number of hydrogen-bond acceptors (Lipinski definition) is 4. The number of rotatable bonds is 6. The van der Waals surface area contributed by atoms with E-state index in [0.29, 0.717) is 5.16 Å². The normalized spacial score (nSPS) is 11.9. The maximum atomic E-state index is 6.07. The zero-order chi connectivity index (χ0) is 19.3. The lowest BCUT2D eigenvalue weighted by Crippen LogP contribution is -1.97. The monoisotopic (exact) mass is 407 g/mol. The molecule has 1 aromatic heterocycles. The van der Waals surface area contributed by atoms with Crippen LogP contribution in [-0.2, 0) is 0 Å². The van der Waals surface area contributed by atoms with Gasteiger partial charge in [0.05, 0.1) is 12.4 Å². The molecular formula is C22H18ClN3OS. The van der Waals surface area contributed by atoms with Crippen LogP contribution in [0.15, 0.2) is 84.0 Å². The summed E-state index contributed by atoms with van der Waals surface area (Å²) in [5.74, 6) is 1.54. The van der Waals surface area contributed by atoms with E-state index >= 15 is 0 Å². The lowest BCUT2D eigenvalue weighted by atomic mass is 10.0. The van der Waals surface area contributed by atoms with Crippen LogP contribution < -0.4 is 4.74 Å². The second-order valence-electron chi connectivity index (χ2n) is 6.16. The predicted molar refractivity (Wildman–Crippen MR) is 114 cm³/mol.